The van der Waals surface area contributed by atoms with Crippen molar-refractivity contribution in [2.24, 2.45) is 0 Å². The molecule has 0 aliphatic carbocycles. The number of ether oxygens (including phenoxy) is 2. The monoisotopic (exact) mass is 335 g/mol. The van der Waals surface area contributed by atoms with Crippen LogP contribution in [0, 0.1) is 6.92 Å². The van der Waals surface area contributed by atoms with Gasteiger partial charge in [-0.3, -0.25) is 0 Å². The van der Waals surface area contributed by atoms with E-state index >= 15 is 0 Å². The van der Waals surface area contributed by atoms with Crippen molar-refractivity contribution in [2.45, 2.75) is 18.4 Å². The molecule has 0 saturated carbocycles. The smallest absolute Gasteiger partial charge is 0.243 e. The highest BCUT2D eigenvalue weighted by Crippen LogP contribution is 2.24. The molecule has 0 unspecified atom stereocenters. The van der Waals surface area contributed by atoms with E-state index in [1.54, 1.807) is 39.5 Å². The van der Waals surface area contributed by atoms with Crippen molar-refractivity contribution in [3.63, 3.8) is 0 Å². The first-order chi connectivity index (χ1) is 10.9. The first-order valence-corrected chi connectivity index (χ1v) is 8.56. The van der Waals surface area contributed by atoms with E-state index in [0.29, 0.717) is 11.5 Å². The number of hydrogen-bond donors (Lipinski definition) is 0. The molecule has 23 heavy (non-hydrogen) atoms. The van der Waals surface area contributed by atoms with Gasteiger partial charge < -0.3 is 9.47 Å². The highest BCUT2D eigenvalue weighted by atomic mass is 32.2. The predicted molar refractivity (Wildman–Crippen MR) is 89.4 cm³/mol. The first kappa shape index (κ1) is 17.3. The molecule has 0 heterocycles. The lowest BCUT2D eigenvalue weighted by atomic mass is 10.2. The normalized spacial score (nSPS) is 11.5. The molecule has 0 fully saturated rings. The Kier molecular flexibility index (Phi) is 5.28. The van der Waals surface area contributed by atoms with E-state index in [4.69, 9.17) is 9.47 Å². The minimum absolute atomic E-state index is 0.251. The standard InChI is InChI=1S/C17H21NO4S/c1-13-10-16(8-9-17(13)22-4)23(19,20)18(2)12-14-6-5-7-15(11-14)21-3/h5-11H,12H2,1-4H3. The Labute approximate surface area is 137 Å². The van der Waals surface area contributed by atoms with Crippen molar-refractivity contribution in [1.29, 1.82) is 0 Å². The molecule has 0 aliphatic heterocycles. The quantitative estimate of drug-likeness (QED) is 0.814. The Hall–Kier alpha value is -2.05. The van der Waals surface area contributed by atoms with Gasteiger partial charge in [0.25, 0.3) is 0 Å². The van der Waals surface area contributed by atoms with E-state index in [2.05, 4.69) is 0 Å². The number of benzene rings is 2. The van der Waals surface area contributed by atoms with E-state index < -0.39 is 10.0 Å². The molecule has 124 valence electrons. The number of nitrogens with zero attached hydrogens (tertiary/aromatic N) is 1. The minimum atomic E-state index is -3.57. The van der Waals surface area contributed by atoms with Crippen LogP contribution in [-0.4, -0.2) is 34.0 Å². The topological polar surface area (TPSA) is 55.8 Å². The summed E-state index contributed by atoms with van der Waals surface area (Å²) in [6.07, 6.45) is 0. The molecule has 0 saturated heterocycles. The van der Waals surface area contributed by atoms with Gasteiger partial charge in [-0.2, -0.15) is 4.31 Å². The molecule has 2 aromatic rings. The maximum absolute atomic E-state index is 12.7. The van der Waals surface area contributed by atoms with Gasteiger partial charge in [-0.1, -0.05) is 12.1 Å². The second kappa shape index (κ2) is 7.02. The van der Waals surface area contributed by atoms with Gasteiger partial charge in [-0.05, 0) is 48.4 Å². The van der Waals surface area contributed by atoms with Crippen LogP contribution in [0.15, 0.2) is 47.4 Å². The first-order valence-electron chi connectivity index (χ1n) is 7.12. The van der Waals surface area contributed by atoms with E-state index in [1.807, 2.05) is 31.2 Å². The average Bonchev–Trinajstić information content (AvgIpc) is 2.54. The number of sulfonamides is 1. The van der Waals surface area contributed by atoms with Crippen LogP contribution >= 0.6 is 0 Å². The summed E-state index contributed by atoms with van der Waals surface area (Å²) in [5, 5.41) is 0. The van der Waals surface area contributed by atoms with Crippen LogP contribution in [0.3, 0.4) is 0 Å². The lowest BCUT2D eigenvalue weighted by Gasteiger charge is -2.18. The second-order valence-electron chi connectivity index (χ2n) is 5.24. The Morgan fingerprint density at radius 1 is 1.04 bits per heavy atom. The van der Waals surface area contributed by atoms with Gasteiger partial charge >= 0.3 is 0 Å². The third-order valence-electron chi connectivity index (χ3n) is 3.61. The van der Waals surface area contributed by atoms with Gasteiger partial charge in [-0.15, -0.1) is 0 Å². The van der Waals surface area contributed by atoms with Gasteiger partial charge in [-0.25, -0.2) is 8.42 Å². The van der Waals surface area contributed by atoms with Gasteiger partial charge in [0.05, 0.1) is 19.1 Å². The minimum Gasteiger partial charge on any atom is -0.497 e. The van der Waals surface area contributed by atoms with Crippen LogP contribution in [0.2, 0.25) is 0 Å². The molecule has 5 nitrogen and oxygen atoms in total. The van der Waals surface area contributed by atoms with Crippen molar-refractivity contribution in [3.05, 3.63) is 53.6 Å². The fourth-order valence-electron chi connectivity index (χ4n) is 2.30. The number of methoxy groups -OCH3 is 2. The molecule has 0 amide bonds. The summed E-state index contributed by atoms with van der Waals surface area (Å²) >= 11 is 0. The molecule has 0 aliphatic rings. The number of hydrogen-bond acceptors (Lipinski definition) is 4. The summed E-state index contributed by atoms with van der Waals surface area (Å²) in [5.41, 5.74) is 1.64. The second-order valence-corrected chi connectivity index (χ2v) is 7.29. The summed E-state index contributed by atoms with van der Waals surface area (Å²) in [7, 11) is 1.14. The molecule has 0 aromatic heterocycles. The van der Waals surface area contributed by atoms with Crippen LogP contribution in [0.25, 0.3) is 0 Å². The molecule has 2 rings (SSSR count). The van der Waals surface area contributed by atoms with Gasteiger partial charge in [0, 0.05) is 13.6 Å². The summed E-state index contributed by atoms with van der Waals surface area (Å²) in [5.74, 6) is 1.37. The molecule has 0 spiro atoms. The predicted octanol–water partition coefficient (Wildman–Crippen LogP) is 2.83. The fraction of sp³-hybridized carbons (Fsp3) is 0.294. The lowest BCUT2D eigenvalue weighted by molar-refractivity contribution is 0.410. The zero-order chi connectivity index (χ0) is 17.0. The van der Waals surface area contributed by atoms with E-state index in [0.717, 1.165) is 11.1 Å². The Balaban J connectivity index is 2.26. The third-order valence-corrected chi connectivity index (χ3v) is 5.41. The van der Waals surface area contributed by atoms with E-state index in [9.17, 15) is 8.42 Å². The van der Waals surface area contributed by atoms with Crippen molar-refractivity contribution >= 4 is 10.0 Å². The molecular formula is C17H21NO4S. The van der Waals surface area contributed by atoms with Gasteiger partial charge in [0.1, 0.15) is 11.5 Å². The highest BCUT2D eigenvalue weighted by molar-refractivity contribution is 7.89. The molecule has 0 N–H and O–H groups in total. The largest absolute Gasteiger partial charge is 0.497 e. The maximum atomic E-state index is 12.7. The van der Waals surface area contributed by atoms with Crippen molar-refractivity contribution in [3.8, 4) is 11.5 Å². The van der Waals surface area contributed by atoms with Crippen LogP contribution in [-0.2, 0) is 16.6 Å². The Morgan fingerprint density at radius 2 is 1.78 bits per heavy atom. The molecular weight excluding hydrogens is 314 g/mol. The molecule has 2 aromatic carbocycles. The van der Waals surface area contributed by atoms with Crippen molar-refractivity contribution in [2.75, 3.05) is 21.3 Å². The summed E-state index contributed by atoms with van der Waals surface area (Å²) in [4.78, 5) is 0.251. The maximum Gasteiger partial charge on any atom is 0.243 e. The average molecular weight is 335 g/mol. The van der Waals surface area contributed by atoms with Crippen molar-refractivity contribution < 1.29 is 17.9 Å². The van der Waals surface area contributed by atoms with Crippen LogP contribution < -0.4 is 9.47 Å². The van der Waals surface area contributed by atoms with Crippen LogP contribution in [0.5, 0.6) is 11.5 Å². The van der Waals surface area contributed by atoms with Crippen LogP contribution in [0.1, 0.15) is 11.1 Å². The zero-order valence-electron chi connectivity index (χ0n) is 13.7. The number of rotatable bonds is 6. The van der Waals surface area contributed by atoms with Crippen molar-refractivity contribution in [1.82, 2.24) is 4.31 Å². The summed E-state index contributed by atoms with van der Waals surface area (Å²) in [6.45, 7) is 2.09. The Morgan fingerprint density at radius 3 is 2.39 bits per heavy atom. The lowest BCUT2D eigenvalue weighted by Crippen LogP contribution is -2.26. The van der Waals surface area contributed by atoms with E-state index in [1.165, 1.54) is 4.31 Å². The summed E-state index contributed by atoms with van der Waals surface area (Å²) in [6, 6.07) is 12.2. The van der Waals surface area contributed by atoms with Gasteiger partial charge in [0.2, 0.25) is 10.0 Å². The Bertz CT molecular complexity index is 787. The highest BCUT2D eigenvalue weighted by Gasteiger charge is 2.21. The van der Waals surface area contributed by atoms with Crippen LogP contribution in [0.4, 0.5) is 0 Å². The SMILES string of the molecule is COc1cccc(CN(C)S(=O)(=O)c2ccc(OC)c(C)c2)c1. The summed E-state index contributed by atoms with van der Waals surface area (Å²) < 4.78 is 37.1. The fourth-order valence-corrected chi connectivity index (χ4v) is 3.55. The zero-order valence-corrected chi connectivity index (χ0v) is 14.6. The van der Waals surface area contributed by atoms with Gasteiger partial charge in [0.15, 0.2) is 0 Å². The molecule has 0 atom stereocenters. The van der Waals surface area contributed by atoms with E-state index in [-0.39, 0.29) is 11.4 Å². The molecule has 0 radical (unpaired) electrons. The molecule has 6 heteroatoms. The molecule has 0 bridgehead atoms. The number of aryl methyl sites for hydroxylation is 1. The third kappa shape index (κ3) is 3.83.